The summed E-state index contributed by atoms with van der Waals surface area (Å²) >= 11 is 1.65. The molecule has 0 aliphatic heterocycles. The summed E-state index contributed by atoms with van der Waals surface area (Å²) in [5, 5.41) is 3.37. The van der Waals surface area contributed by atoms with Gasteiger partial charge in [-0.15, -0.1) is 11.3 Å². The van der Waals surface area contributed by atoms with Crippen LogP contribution in [-0.4, -0.2) is 11.5 Å². The van der Waals surface area contributed by atoms with Crippen LogP contribution in [0.2, 0.25) is 0 Å². The second-order valence-corrected chi connectivity index (χ2v) is 5.33. The molecule has 1 aromatic heterocycles. The highest BCUT2D eigenvalue weighted by Gasteiger charge is 2.19. The zero-order chi connectivity index (χ0) is 12.1. The van der Waals surface area contributed by atoms with E-state index < -0.39 is 0 Å². The Morgan fingerprint density at radius 1 is 1.35 bits per heavy atom. The predicted molar refractivity (Wildman–Crippen MR) is 71.8 cm³/mol. The van der Waals surface area contributed by atoms with Gasteiger partial charge in [0.15, 0.2) is 0 Å². The second-order valence-electron chi connectivity index (χ2n) is 4.35. The molecule has 0 aliphatic carbocycles. The summed E-state index contributed by atoms with van der Waals surface area (Å²) in [6.45, 7) is 3.61. The molecule has 1 heterocycles. The Balaban J connectivity index is 1.90. The Labute approximate surface area is 106 Å². The molecule has 0 radical (unpaired) electrons. The Hall–Kier alpha value is -1.23. The monoisotopic (exact) mass is 247 g/mol. The van der Waals surface area contributed by atoms with Crippen LogP contribution in [-0.2, 0) is 12.1 Å². The average Bonchev–Trinajstić information content (AvgIpc) is 2.83. The fourth-order valence-corrected chi connectivity index (χ4v) is 2.26. The number of rotatable bonds is 5. The largest absolute Gasteiger partial charge is 0.321 e. The van der Waals surface area contributed by atoms with Crippen molar-refractivity contribution < 1.29 is 0 Å². The number of hydrogen-bond donors (Lipinski definition) is 2. The van der Waals surface area contributed by atoms with E-state index in [1.807, 2.05) is 36.8 Å². The number of benzene rings is 1. The molecule has 90 valence electrons. The molecule has 0 aliphatic rings. The average molecular weight is 247 g/mol. The molecule has 2 rings (SSSR count). The molecular weight excluding hydrogens is 230 g/mol. The number of hydrogen-bond acceptors (Lipinski definition) is 4. The van der Waals surface area contributed by atoms with E-state index in [9.17, 15) is 0 Å². The third kappa shape index (κ3) is 3.36. The zero-order valence-corrected chi connectivity index (χ0v) is 10.7. The molecule has 0 fully saturated rings. The Morgan fingerprint density at radius 2 is 2.12 bits per heavy atom. The molecule has 1 atom stereocenters. The fourth-order valence-electron chi connectivity index (χ4n) is 1.70. The quantitative estimate of drug-likeness (QED) is 0.851. The summed E-state index contributed by atoms with van der Waals surface area (Å²) < 4.78 is 0. The van der Waals surface area contributed by atoms with Crippen LogP contribution in [0.25, 0.3) is 0 Å². The second kappa shape index (κ2) is 5.40. The van der Waals surface area contributed by atoms with Gasteiger partial charge in [-0.1, -0.05) is 30.3 Å². The first-order valence-corrected chi connectivity index (χ1v) is 6.49. The van der Waals surface area contributed by atoms with Gasteiger partial charge in [-0.05, 0) is 12.5 Å². The van der Waals surface area contributed by atoms with E-state index in [1.165, 1.54) is 4.88 Å². The molecule has 0 saturated carbocycles. The molecule has 0 bridgehead atoms. The lowest BCUT2D eigenvalue weighted by molar-refractivity contribution is 0.447. The van der Waals surface area contributed by atoms with Crippen molar-refractivity contribution in [3.8, 4) is 0 Å². The Bertz CT molecular complexity index is 437. The van der Waals surface area contributed by atoms with E-state index in [2.05, 4.69) is 22.4 Å². The predicted octanol–water partition coefficient (Wildman–Crippen LogP) is 2.11. The highest BCUT2D eigenvalue weighted by molar-refractivity contribution is 7.09. The zero-order valence-electron chi connectivity index (χ0n) is 9.89. The van der Waals surface area contributed by atoms with Gasteiger partial charge < -0.3 is 11.1 Å². The van der Waals surface area contributed by atoms with Gasteiger partial charge in [0.05, 0.1) is 11.0 Å². The van der Waals surface area contributed by atoms with E-state index in [1.54, 1.807) is 11.3 Å². The van der Waals surface area contributed by atoms with E-state index >= 15 is 0 Å². The SMILES string of the molecule is CC(N)(CNCc1cncs1)c1ccccc1. The highest BCUT2D eigenvalue weighted by atomic mass is 32.1. The number of nitrogens with zero attached hydrogens (tertiary/aromatic N) is 1. The van der Waals surface area contributed by atoms with E-state index in [-0.39, 0.29) is 5.54 Å². The molecule has 4 heteroatoms. The molecular formula is C13H17N3S. The van der Waals surface area contributed by atoms with Gasteiger partial charge in [-0.2, -0.15) is 0 Å². The minimum absolute atomic E-state index is 0.341. The third-order valence-electron chi connectivity index (χ3n) is 2.71. The van der Waals surface area contributed by atoms with Crippen LogP contribution in [0.15, 0.2) is 42.0 Å². The first-order valence-electron chi connectivity index (χ1n) is 5.61. The first-order chi connectivity index (χ1) is 8.18. The molecule has 2 aromatic rings. The van der Waals surface area contributed by atoms with Crippen molar-refractivity contribution in [1.82, 2.24) is 10.3 Å². The van der Waals surface area contributed by atoms with E-state index in [4.69, 9.17) is 5.73 Å². The summed E-state index contributed by atoms with van der Waals surface area (Å²) in [5.41, 5.74) is 8.95. The van der Waals surface area contributed by atoms with Crippen molar-refractivity contribution in [1.29, 1.82) is 0 Å². The molecule has 1 aromatic carbocycles. The molecule has 0 saturated heterocycles. The highest BCUT2D eigenvalue weighted by Crippen LogP contribution is 2.16. The van der Waals surface area contributed by atoms with E-state index in [0.29, 0.717) is 0 Å². The van der Waals surface area contributed by atoms with Crippen molar-refractivity contribution >= 4 is 11.3 Å². The van der Waals surface area contributed by atoms with Crippen molar-refractivity contribution in [3.05, 3.63) is 52.5 Å². The van der Waals surface area contributed by atoms with Crippen LogP contribution in [0.3, 0.4) is 0 Å². The molecule has 3 nitrogen and oxygen atoms in total. The normalized spacial score (nSPS) is 14.5. The van der Waals surface area contributed by atoms with Crippen LogP contribution < -0.4 is 11.1 Å². The summed E-state index contributed by atoms with van der Waals surface area (Å²) in [4.78, 5) is 5.27. The minimum Gasteiger partial charge on any atom is -0.321 e. The smallest absolute Gasteiger partial charge is 0.0794 e. The van der Waals surface area contributed by atoms with Crippen LogP contribution in [0.5, 0.6) is 0 Å². The summed E-state index contributed by atoms with van der Waals surface area (Å²) in [7, 11) is 0. The molecule has 17 heavy (non-hydrogen) atoms. The van der Waals surface area contributed by atoms with Crippen LogP contribution in [0.1, 0.15) is 17.4 Å². The van der Waals surface area contributed by atoms with Gasteiger partial charge in [-0.25, -0.2) is 0 Å². The summed E-state index contributed by atoms with van der Waals surface area (Å²) in [6, 6.07) is 10.2. The summed E-state index contributed by atoms with van der Waals surface area (Å²) in [5.74, 6) is 0. The Kier molecular flexibility index (Phi) is 3.89. The number of nitrogens with one attached hydrogen (secondary N) is 1. The first kappa shape index (κ1) is 12.2. The number of aromatic nitrogens is 1. The maximum atomic E-state index is 6.30. The number of thiazole rings is 1. The lowest BCUT2D eigenvalue weighted by Crippen LogP contribution is -2.43. The van der Waals surface area contributed by atoms with Crippen LogP contribution in [0.4, 0.5) is 0 Å². The van der Waals surface area contributed by atoms with Crippen molar-refractivity contribution in [3.63, 3.8) is 0 Å². The van der Waals surface area contributed by atoms with Crippen LogP contribution in [0, 0.1) is 0 Å². The number of nitrogens with two attached hydrogens (primary N) is 1. The van der Waals surface area contributed by atoms with Gasteiger partial charge in [0.1, 0.15) is 0 Å². The topological polar surface area (TPSA) is 50.9 Å². The lowest BCUT2D eigenvalue weighted by atomic mass is 9.93. The van der Waals surface area contributed by atoms with Crippen molar-refractivity contribution in [2.24, 2.45) is 5.73 Å². The summed E-state index contributed by atoms with van der Waals surface area (Å²) in [6.07, 6.45) is 1.88. The van der Waals surface area contributed by atoms with E-state index in [0.717, 1.165) is 18.7 Å². The lowest BCUT2D eigenvalue weighted by Gasteiger charge is -2.25. The fraction of sp³-hybridized carbons (Fsp3) is 0.308. The van der Waals surface area contributed by atoms with Gasteiger partial charge in [0.25, 0.3) is 0 Å². The maximum absolute atomic E-state index is 6.30. The Morgan fingerprint density at radius 3 is 2.76 bits per heavy atom. The maximum Gasteiger partial charge on any atom is 0.0794 e. The van der Waals surface area contributed by atoms with Gasteiger partial charge >= 0.3 is 0 Å². The van der Waals surface area contributed by atoms with Gasteiger partial charge in [0.2, 0.25) is 0 Å². The molecule has 1 unspecified atom stereocenters. The standard InChI is InChI=1S/C13H17N3S/c1-13(14,11-5-3-2-4-6-11)9-15-7-12-8-16-10-17-12/h2-6,8,10,15H,7,9,14H2,1H3. The van der Waals surface area contributed by atoms with Crippen molar-refractivity contribution in [2.75, 3.05) is 6.54 Å². The molecule has 3 N–H and O–H groups in total. The third-order valence-corrected chi connectivity index (χ3v) is 3.49. The van der Waals surface area contributed by atoms with Crippen LogP contribution >= 0.6 is 11.3 Å². The van der Waals surface area contributed by atoms with Gasteiger partial charge in [0, 0.05) is 24.2 Å². The molecule has 0 spiro atoms. The molecule has 0 amide bonds. The van der Waals surface area contributed by atoms with Gasteiger partial charge in [-0.3, -0.25) is 4.98 Å². The van der Waals surface area contributed by atoms with Crippen molar-refractivity contribution in [2.45, 2.75) is 19.0 Å². The minimum atomic E-state index is -0.341.